The first-order valence-corrected chi connectivity index (χ1v) is 6.17. The van der Waals surface area contributed by atoms with Crippen LogP contribution in [0.3, 0.4) is 0 Å². The molecule has 82 valence electrons. The van der Waals surface area contributed by atoms with E-state index in [0.29, 0.717) is 10.4 Å². The molecule has 0 aliphatic carbocycles. The Morgan fingerprint density at radius 1 is 1.25 bits per heavy atom. The van der Waals surface area contributed by atoms with E-state index in [9.17, 15) is 4.39 Å². The molecule has 1 heterocycles. The Kier molecular flexibility index (Phi) is 3.56. The van der Waals surface area contributed by atoms with E-state index < -0.39 is 5.95 Å². The number of hydrogen-bond donors (Lipinski definition) is 0. The molecule has 0 amide bonds. The number of halogens is 3. The van der Waals surface area contributed by atoms with Gasteiger partial charge in [0.2, 0.25) is 5.95 Å². The van der Waals surface area contributed by atoms with Gasteiger partial charge in [-0.25, -0.2) is 4.98 Å². The van der Waals surface area contributed by atoms with Crippen molar-refractivity contribution in [2.45, 2.75) is 5.33 Å². The van der Waals surface area contributed by atoms with Gasteiger partial charge in [-0.05, 0) is 28.8 Å². The summed E-state index contributed by atoms with van der Waals surface area (Å²) in [5, 5.41) is 1.30. The number of rotatable bonds is 2. The van der Waals surface area contributed by atoms with E-state index in [1.807, 2.05) is 12.1 Å². The molecule has 4 heteroatoms. The Bertz CT molecular complexity index is 499. The summed E-state index contributed by atoms with van der Waals surface area (Å²) in [6.07, 6.45) is 1.54. The van der Waals surface area contributed by atoms with Crippen molar-refractivity contribution in [1.29, 1.82) is 0 Å². The molecule has 0 saturated heterocycles. The fraction of sp³-hybridized carbons (Fsp3) is 0.0833. The summed E-state index contributed by atoms with van der Waals surface area (Å²) < 4.78 is 13.1. The van der Waals surface area contributed by atoms with Crippen LogP contribution in [0.2, 0.25) is 5.02 Å². The second kappa shape index (κ2) is 4.93. The summed E-state index contributed by atoms with van der Waals surface area (Å²) in [4.78, 5) is 3.63. The number of pyridine rings is 1. The number of nitrogens with zero attached hydrogens (tertiary/aromatic N) is 1. The van der Waals surface area contributed by atoms with E-state index in [1.54, 1.807) is 12.1 Å². The Morgan fingerprint density at radius 2 is 1.94 bits per heavy atom. The van der Waals surface area contributed by atoms with Crippen molar-refractivity contribution in [1.82, 2.24) is 4.98 Å². The van der Waals surface area contributed by atoms with E-state index >= 15 is 0 Å². The van der Waals surface area contributed by atoms with Gasteiger partial charge in [0.15, 0.2) is 0 Å². The van der Waals surface area contributed by atoms with Crippen LogP contribution in [0.4, 0.5) is 4.39 Å². The summed E-state index contributed by atoms with van der Waals surface area (Å²) in [6, 6.07) is 8.73. The molecule has 0 N–H and O–H groups in total. The lowest BCUT2D eigenvalue weighted by Crippen LogP contribution is -1.91. The fourth-order valence-electron chi connectivity index (χ4n) is 1.46. The molecule has 1 aromatic heterocycles. The normalized spacial score (nSPS) is 10.4. The third kappa shape index (κ3) is 2.42. The molecule has 0 aliphatic heterocycles. The van der Waals surface area contributed by atoms with Crippen LogP contribution in [0.1, 0.15) is 5.56 Å². The third-order valence-electron chi connectivity index (χ3n) is 2.25. The SMILES string of the molecule is Fc1cc(-c2ccc(Cl)cc2)c(CBr)cn1. The summed E-state index contributed by atoms with van der Waals surface area (Å²) in [6.45, 7) is 0. The summed E-state index contributed by atoms with van der Waals surface area (Å²) >= 11 is 9.16. The third-order valence-corrected chi connectivity index (χ3v) is 3.11. The van der Waals surface area contributed by atoms with Crippen molar-refractivity contribution in [3.63, 3.8) is 0 Å². The molecule has 16 heavy (non-hydrogen) atoms. The molecule has 0 atom stereocenters. The molecular formula is C12H8BrClFN. The van der Waals surface area contributed by atoms with Gasteiger partial charge in [0, 0.05) is 22.6 Å². The second-order valence-electron chi connectivity index (χ2n) is 3.30. The minimum Gasteiger partial charge on any atom is -0.228 e. The highest BCUT2D eigenvalue weighted by atomic mass is 79.9. The number of hydrogen-bond acceptors (Lipinski definition) is 1. The average molecular weight is 301 g/mol. The first-order valence-electron chi connectivity index (χ1n) is 4.67. The van der Waals surface area contributed by atoms with Crippen molar-refractivity contribution >= 4 is 27.5 Å². The van der Waals surface area contributed by atoms with Gasteiger partial charge in [-0.2, -0.15) is 4.39 Å². The minimum atomic E-state index is -0.477. The lowest BCUT2D eigenvalue weighted by Gasteiger charge is -2.07. The largest absolute Gasteiger partial charge is 0.228 e. The molecular weight excluding hydrogens is 292 g/mol. The maximum absolute atomic E-state index is 13.1. The van der Waals surface area contributed by atoms with E-state index in [2.05, 4.69) is 20.9 Å². The standard InChI is InChI=1S/C12H8BrClFN/c13-6-9-7-16-12(15)5-11(9)8-1-3-10(14)4-2-8/h1-5,7H,6H2. The minimum absolute atomic E-state index is 0.477. The Hall–Kier alpha value is -0.930. The zero-order valence-corrected chi connectivity index (χ0v) is 10.6. The van der Waals surface area contributed by atoms with Crippen LogP contribution in [0.15, 0.2) is 36.5 Å². The molecule has 1 aromatic carbocycles. The van der Waals surface area contributed by atoms with E-state index in [0.717, 1.165) is 16.7 Å². The maximum Gasteiger partial charge on any atom is 0.213 e. The first-order chi connectivity index (χ1) is 7.70. The highest BCUT2D eigenvalue weighted by Crippen LogP contribution is 2.26. The van der Waals surface area contributed by atoms with Crippen molar-refractivity contribution in [2.75, 3.05) is 0 Å². The van der Waals surface area contributed by atoms with Gasteiger partial charge < -0.3 is 0 Å². The smallest absolute Gasteiger partial charge is 0.213 e. The van der Waals surface area contributed by atoms with Gasteiger partial charge in [-0.1, -0.05) is 39.7 Å². The Morgan fingerprint density at radius 3 is 2.56 bits per heavy atom. The summed E-state index contributed by atoms with van der Waals surface area (Å²) in [5.41, 5.74) is 2.71. The van der Waals surface area contributed by atoms with Crippen LogP contribution < -0.4 is 0 Å². The van der Waals surface area contributed by atoms with Gasteiger partial charge in [0.05, 0.1) is 0 Å². The molecule has 0 spiro atoms. The second-order valence-corrected chi connectivity index (χ2v) is 4.30. The Balaban J connectivity index is 2.53. The van der Waals surface area contributed by atoms with Crippen molar-refractivity contribution < 1.29 is 4.39 Å². The van der Waals surface area contributed by atoms with E-state index in [1.165, 1.54) is 12.3 Å². The van der Waals surface area contributed by atoms with Crippen LogP contribution >= 0.6 is 27.5 Å². The summed E-state index contributed by atoms with van der Waals surface area (Å²) in [5.74, 6) is -0.477. The van der Waals surface area contributed by atoms with Gasteiger partial charge in [-0.15, -0.1) is 0 Å². The molecule has 0 unspecified atom stereocenters. The van der Waals surface area contributed by atoms with Crippen molar-refractivity contribution in [2.24, 2.45) is 0 Å². The average Bonchev–Trinajstić information content (AvgIpc) is 2.30. The molecule has 1 nitrogen and oxygen atoms in total. The molecule has 0 fully saturated rings. The molecule has 2 rings (SSSR count). The van der Waals surface area contributed by atoms with E-state index in [4.69, 9.17) is 11.6 Å². The van der Waals surface area contributed by atoms with Crippen molar-refractivity contribution in [3.05, 3.63) is 53.1 Å². The highest BCUT2D eigenvalue weighted by molar-refractivity contribution is 9.08. The van der Waals surface area contributed by atoms with Gasteiger partial charge in [-0.3, -0.25) is 0 Å². The molecule has 0 aliphatic rings. The zero-order chi connectivity index (χ0) is 11.5. The molecule has 2 aromatic rings. The number of alkyl halides is 1. The van der Waals surface area contributed by atoms with Crippen LogP contribution in [0.5, 0.6) is 0 Å². The van der Waals surface area contributed by atoms with Gasteiger partial charge >= 0.3 is 0 Å². The van der Waals surface area contributed by atoms with Crippen molar-refractivity contribution in [3.8, 4) is 11.1 Å². The number of benzene rings is 1. The quantitative estimate of drug-likeness (QED) is 0.590. The monoisotopic (exact) mass is 299 g/mol. The highest BCUT2D eigenvalue weighted by Gasteiger charge is 2.06. The van der Waals surface area contributed by atoms with E-state index in [-0.39, 0.29) is 0 Å². The molecule has 0 bridgehead atoms. The summed E-state index contributed by atoms with van der Waals surface area (Å²) in [7, 11) is 0. The number of aromatic nitrogens is 1. The molecule has 0 saturated carbocycles. The van der Waals surface area contributed by atoms with Crippen LogP contribution in [-0.2, 0) is 5.33 Å². The predicted molar refractivity (Wildman–Crippen MR) is 67.3 cm³/mol. The van der Waals surface area contributed by atoms with Crippen LogP contribution in [0.25, 0.3) is 11.1 Å². The molecule has 0 radical (unpaired) electrons. The maximum atomic E-state index is 13.1. The van der Waals surface area contributed by atoms with Crippen LogP contribution in [-0.4, -0.2) is 4.98 Å². The fourth-order valence-corrected chi connectivity index (χ4v) is 2.04. The van der Waals surface area contributed by atoms with Crippen LogP contribution in [0, 0.1) is 5.95 Å². The zero-order valence-electron chi connectivity index (χ0n) is 8.25. The lowest BCUT2D eigenvalue weighted by molar-refractivity contribution is 0.583. The van der Waals surface area contributed by atoms with Gasteiger partial charge in [0.25, 0.3) is 0 Å². The predicted octanol–water partition coefficient (Wildman–Crippen LogP) is 4.44. The topological polar surface area (TPSA) is 12.9 Å². The Labute approximate surface area is 106 Å². The first kappa shape index (κ1) is 11.6. The van der Waals surface area contributed by atoms with Gasteiger partial charge in [0.1, 0.15) is 0 Å². The lowest BCUT2D eigenvalue weighted by atomic mass is 10.0.